The van der Waals surface area contributed by atoms with Crippen molar-refractivity contribution in [2.45, 2.75) is 194 Å². The second-order valence-corrected chi connectivity index (χ2v) is 11.6. The maximum atomic E-state index is 10.5. The van der Waals surface area contributed by atoms with Crippen molar-refractivity contribution in [2.24, 2.45) is 11.5 Å². The molecule has 0 aliphatic carbocycles. The summed E-state index contributed by atoms with van der Waals surface area (Å²) in [4.78, 5) is 21.1. The Morgan fingerprint density at radius 1 is 0.390 bits per heavy atom. The van der Waals surface area contributed by atoms with Crippen LogP contribution in [0.5, 0.6) is 0 Å². The summed E-state index contributed by atoms with van der Waals surface area (Å²) in [6.07, 6.45) is 43.8. The van der Waals surface area contributed by atoms with Gasteiger partial charge in [-0.3, -0.25) is 9.59 Å². The summed E-state index contributed by atoms with van der Waals surface area (Å²) in [6, 6.07) is 0. The number of nitrogens with two attached hydrogens (primary N) is 2. The summed E-state index contributed by atoms with van der Waals surface area (Å²) in [5.41, 5.74) is 10.2. The zero-order valence-corrected chi connectivity index (χ0v) is 30.1. The van der Waals surface area contributed by atoms with E-state index < -0.39 is 0 Å². The summed E-state index contributed by atoms with van der Waals surface area (Å²) in [5.74, 6) is -0.328. The summed E-state index contributed by atoms with van der Waals surface area (Å²) in [7, 11) is 0. The minimum absolute atomic E-state index is 0. The Labute approximate surface area is 279 Å². The van der Waals surface area contributed by atoms with Gasteiger partial charge in [-0.15, -0.1) is 0 Å². The van der Waals surface area contributed by atoms with Crippen molar-refractivity contribution in [3.8, 4) is 0 Å². The molecule has 0 aromatic heterocycles. The van der Waals surface area contributed by atoms with Crippen LogP contribution >= 0.6 is 0 Å². The molecule has 0 aliphatic heterocycles. The number of allylic oxidation sites excluding steroid dienone is 4. The largest absolute Gasteiger partial charge is 0.370 e. The molecule has 0 saturated carbocycles. The third-order valence-electron chi connectivity index (χ3n) is 7.37. The molecule has 41 heavy (non-hydrogen) atoms. The molecule has 4 N–H and O–H groups in total. The molecule has 0 spiro atoms. The average Bonchev–Trinajstić information content (AvgIpc) is 2.93. The van der Waals surface area contributed by atoms with E-state index in [4.69, 9.17) is 11.5 Å². The van der Waals surface area contributed by atoms with Crippen LogP contribution in [0.2, 0.25) is 0 Å². The molecule has 0 unspecified atom stereocenters. The Balaban J connectivity index is -0.000000688. The third kappa shape index (κ3) is 49.4. The number of hydrogen-bond acceptors (Lipinski definition) is 2. The van der Waals surface area contributed by atoms with Crippen molar-refractivity contribution in [3.05, 3.63) is 24.3 Å². The molecule has 0 aromatic rings. The van der Waals surface area contributed by atoms with Crippen LogP contribution in [-0.4, -0.2) is 41.4 Å². The standard InChI is InChI=1S/2C18H35NO.Na/c2*1-2-3-4-5-6-7-8-9-10-11-12-13-14-15-16-17-18(19)20;/h2*9-10H,2-8,11-17H2,1H3,(H2,19,20);/b2*10-9-;. The normalized spacial score (nSPS) is 11.0. The molecule has 0 saturated heterocycles. The summed E-state index contributed by atoms with van der Waals surface area (Å²) in [6.45, 7) is 4.53. The Hall–Kier alpha value is -0.580. The van der Waals surface area contributed by atoms with Crippen LogP contribution < -0.4 is 11.5 Å². The van der Waals surface area contributed by atoms with E-state index in [2.05, 4.69) is 38.2 Å². The van der Waals surface area contributed by atoms with Crippen LogP contribution in [-0.2, 0) is 9.59 Å². The van der Waals surface area contributed by atoms with E-state index in [1.54, 1.807) is 0 Å². The second-order valence-electron chi connectivity index (χ2n) is 11.6. The van der Waals surface area contributed by atoms with E-state index in [0.717, 1.165) is 25.7 Å². The molecule has 0 aromatic carbocycles. The van der Waals surface area contributed by atoms with E-state index >= 15 is 0 Å². The SMILES string of the molecule is CCCCCCCC/C=C\CCCCCCCC(N)=O.CCCCCCCC/C=C\CCCCCCCC(N)=O.[Na]. The van der Waals surface area contributed by atoms with Gasteiger partial charge in [-0.05, 0) is 64.2 Å². The predicted molar refractivity (Wildman–Crippen MR) is 183 cm³/mol. The molecule has 1 radical (unpaired) electrons. The van der Waals surface area contributed by atoms with Gasteiger partial charge in [-0.2, -0.15) is 0 Å². The molecule has 0 rings (SSSR count). The van der Waals surface area contributed by atoms with Gasteiger partial charge in [0.25, 0.3) is 0 Å². The van der Waals surface area contributed by atoms with Crippen molar-refractivity contribution < 1.29 is 9.59 Å². The predicted octanol–water partition coefficient (Wildman–Crippen LogP) is 10.6. The molecule has 0 aliphatic rings. The Morgan fingerprint density at radius 2 is 0.610 bits per heavy atom. The van der Waals surface area contributed by atoms with Crippen molar-refractivity contribution in [1.82, 2.24) is 0 Å². The molecular weight excluding hydrogens is 515 g/mol. The first-order chi connectivity index (χ1) is 19.5. The maximum Gasteiger partial charge on any atom is 0.217 e. The summed E-state index contributed by atoms with van der Waals surface area (Å²) < 4.78 is 0. The van der Waals surface area contributed by atoms with Gasteiger partial charge < -0.3 is 11.5 Å². The zero-order valence-electron chi connectivity index (χ0n) is 28.1. The number of hydrogen-bond donors (Lipinski definition) is 2. The molecule has 4 nitrogen and oxygen atoms in total. The van der Waals surface area contributed by atoms with E-state index in [1.807, 2.05) is 0 Å². The van der Waals surface area contributed by atoms with Gasteiger partial charge in [0.1, 0.15) is 0 Å². The third-order valence-corrected chi connectivity index (χ3v) is 7.37. The minimum atomic E-state index is -0.164. The van der Waals surface area contributed by atoms with E-state index in [9.17, 15) is 9.59 Å². The minimum Gasteiger partial charge on any atom is -0.370 e. The molecule has 0 heterocycles. The quantitative estimate of drug-likeness (QED) is 0.0499. The number of carbonyl (C=O) groups excluding carboxylic acids is 2. The Bertz CT molecular complexity index is 528. The molecule has 2 amide bonds. The van der Waals surface area contributed by atoms with E-state index in [1.165, 1.54) is 141 Å². The van der Waals surface area contributed by atoms with Gasteiger partial charge in [0.2, 0.25) is 11.8 Å². The van der Waals surface area contributed by atoms with Gasteiger partial charge in [0.05, 0.1) is 0 Å². The average molecular weight is 586 g/mol. The molecule has 0 atom stereocenters. The smallest absolute Gasteiger partial charge is 0.217 e. The van der Waals surface area contributed by atoms with Crippen LogP contribution in [0.1, 0.15) is 194 Å². The van der Waals surface area contributed by atoms with Crippen LogP contribution in [0.3, 0.4) is 0 Å². The van der Waals surface area contributed by atoms with Crippen LogP contribution in [0.4, 0.5) is 0 Å². The van der Waals surface area contributed by atoms with Crippen LogP contribution in [0.25, 0.3) is 0 Å². The molecular formula is C36H70N2NaO2. The number of unbranched alkanes of at least 4 members (excludes halogenated alkanes) is 22. The zero-order chi connectivity index (χ0) is 29.8. The first-order valence-corrected chi connectivity index (χ1v) is 17.4. The van der Waals surface area contributed by atoms with Crippen molar-refractivity contribution in [2.75, 3.05) is 0 Å². The topological polar surface area (TPSA) is 86.2 Å². The summed E-state index contributed by atoms with van der Waals surface area (Å²) >= 11 is 0. The number of primary amides is 2. The Morgan fingerprint density at radius 3 is 0.854 bits per heavy atom. The van der Waals surface area contributed by atoms with Crippen molar-refractivity contribution in [1.29, 1.82) is 0 Å². The van der Waals surface area contributed by atoms with Crippen molar-refractivity contribution >= 4 is 41.4 Å². The fourth-order valence-corrected chi connectivity index (χ4v) is 4.74. The van der Waals surface area contributed by atoms with Crippen molar-refractivity contribution in [3.63, 3.8) is 0 Å². The summed E-state index contributed by atoms with van der Waals surface area (Å²) in [5, 5.41) is 0. The number of carbonyl (C=O) groups is 2. The molecule has 5 heteroatoms. The van der Waals surface area contributed by atoms with Gasteiger partial charge >= 0.3 is 0 Å². The fraction of sp³-hybridized carbons (Fsp3) is 0.833. The molecule has 237 valence electrons. The monoisotopic (exact) mass is 586 g/mol. The van der Waals surface area contributed by atoms with E-state index in [0.29, 0.717) is 12.8 Å². The Kier molecular flexibility index (Phi) is 45.5. The number of rotatable bonds is 30. The van der Waals surface area contributed by atoms with Gasteiger partial charge in [0.15, 0.2) is 0 Å². The molecule has 0 bridgehead atoms. The second kappa shape index (κ2) is 41.6. The van der Waals surface area contributed by atoms with Crippen LogP contribution in [0.15, 0.2) is 24.3 Å². The molecule has 0 fully saturated rings. The number of amides is 2. The first-order valence-electron chi connectivity index (χ1n) is 17.4. The first kappa shape index (κ1) is 44.9. The van der Waals surface area contributed by atoms with Gasteiger partial charge in [0, 0.05) is 42.4 Å². The van der Waals surface area contributed by atoms with Crippen LogP contribution in [0, 0.1) is 0 Å². The fourth-order valence-electron chi connectivity index (χ4n) is 4.74. The van der Waals surface area contributed by atoms with E-state index in [-0.39, 0.29) is 41.4 Å². The maximum absolute atomic E-state index is 10.5. The van der Waals surface area contributed by atoms with Gasteiger partial charge in [-0.1, -0.05) is 141 Å². The van der Waals surface area contributed by atoms with Gasteiger partial charge in [-0.25, -0.2) is 0 Å².